The first-order valence-electron chi connectivity index (χ1n) is 7.57. The van der Waals surface area contributed by atoms with E-state index in [9.17, 15) is 19.7 Å². The van der Waals surface area contributed by atoms with E-state index in [1.54, 1.807) is 28.4 Å². The van der Waals surface area contributed by atoms with Crippen molar-refractivity contribution in [3.8, 4) is 5.69 Å². The Bertz CT molecular complexity index is 1000. The highest BCUT2D eigenvalue weighted by Gasteiger charge is 2.18. The Morgan fingerprint density at radius 2 is 2.00 bits per heavy atom. The maximum Gasteiger partial charge on any atom is 0.350 e. The second-order valence-electron chi connectivity index (χ2n) is 5.27. The summed E-state index contributed by atoms with van der Waals surface area (Å²) in [5, 5.41) is 14.9. The highest BCUT2D eigenvalue weighted by atomic mass is 35.5. The molecule has 27 heavy (non-hydrogen) atoms. The number of nitrogens with one attached hydrogen (secondary N) is 1. The van der Waals surface area contributed by atoms with Crippen LogP contribution in [0, 0.1) is 10.1 Å². The molecule has 8 nitrogen and oxygen atoms in total. The smallest absolute Gasteiger partial charge is 0.350 e. The molecule has 0 fully saturated rings. The zero-order valence-electron chi connectivity index (χ0n) is 13.6. The van der Waals surface area contributed by atoms with Crippen LogP contribution in [0.3, 0.4) is 0 Å². The summed E-state index contributed by atoms with van der Waals surface area (Å²) >= 11 is 7.12. The van der Waals surface area contributed by atoms with E-state index in [2.05, 4.69) is 5.32 Å². The predicted octanol–water partition coefficient (Wildman–Crippen LogP) is 3.90. The molecule has 3 rings (SSSR count). The molecule has 0 atom stereocenters. The third kappa shape index (κ3) is 4.33. The third-order valence-electron chi connectivity index (χ3n) is 3.48. The van der Waals surface area contributed by atoms with Gasteiger partial charge in [-0.05, 0) is 29.6 Å². The highest BCUT2D eigenvalue weighted by Crippen LogP contribution is 2.26. The minimum atomic E-state index is -0.626. The summed E-state index contributed by atoms with van der Waals surface area (Å²) in [5.74, 6) is -1.24. The lowest BCUT2D eigenvalue weighted by atomic mass is 10.3. The average molecular weight is 406 g/mol. The Kier molecular flexibility index (Phi) is 5.53. The number of hydrogen-bond donors (Lipinski definition) is 1. The van der Waals surface area contributed by atoms with Crippen LogP contribution >= 0.6 is 22.9 Å². The van der Waals surface area contributed by atoms with Crippen molar-refractivity contribution in [3.05, 3.63) is 74.2 Å². The number of non-ortho nitro benzene ring substituents is 1. The Morgan fingerprint density at radius 1 is 1.26 bits per heavy atom. The van der Waals surface area contributed by atoms with Gasteiger partial charge in [0.2, 0.25) is 0 Å². The minimum absolute atomic E-state index is 0.0111. The molecule has 2 aromatic heterocycles. The average Bonchev–Trinajstić information content (AvgIpc) is 3.32. The number of carbonyl (C=O) groups excluding carboxylic acids is 2. The largest absolute Gasteiger partial charge is 0.451 e. The van der Waals surface area contributed by atoms with Crippen LogP contribution in [0.15, 0.2) is 54.2 Å². The highest BCUT2D eigenvalue weighted by molar-refractivity contribution is 7.12. The number of thiophene rings is 1. The summed E-state index contributed by atoms with van der Waals surface area (Å²) in [7, 11) is 0. The second-order valence-corrected chi connectivity index (χ2v) is 6.59. The first-order valence-corrected chi connectivity index (χ1v) is 8.83. The van der Waals surface area contributed by atoms with Crippen LogP contribution in [0.1, 0.15) is 9.67 Å². The van der Waals surface area contributed by atoms with Gasteiger partial charge in [-0.2, -0.15) is 0 Å². The van der Waals surface area contributed by atoms with Gasteiger partial charge in [0.1, 0.15) is 4.88 Å². The number of hydrogen-bond acceptors (Lipinski definition) is 6. The van der Waals surface area contributed by atoms with Gasteiger partial charge in [-0.1, -0.05) is 11.6 Å². The number of anilines is 1. The van der Waals surface area contributed by atoms with Gasteiger partial charge >= 0.3 is 5.97 Å². The van der Waals surface area contributed by atoms with Crippen LogP contribution < -0.4 is 5.32 Å². The van der Waals surface area contributed by atoms with Crippen LogP contribution in [0.25, 0.3) is 5.69 Å². The standard InChI is InChI=1S/C17H12ClN3O5S/c18-12-9-11(21(24)25)3-4-13(12)19-15(22)10-26-17(23)16-14(5-8-27-16)20-6-1-2-7-20/h1-9H,10H2,(H,19,22). The lowest BCUT2D eigenvalue weighted by Gasteiger charge is -2.08. The molecule has 1 aromatic carbocycles. The fourth-order valence-electron chi connectivity index (χ4n) is 2.26. The van der Waals surface area contributed by atoms with Gasteiger partial charge in [0.15, 0.2) is 6.61 Å². The number of nitro benzene ring substituents is 1. The Balaban J connectivity index is 1.61. The molecule has 138 valence electrons. The van der Waals surface area contributed by atoms with Gasteiger partial charge in [0.05, 0.1) is 21.3 Å². The van der Waals surface area contributed by atoms with E-state index in [-0.39, 0.29) is 16.4 Å². The van der Waals surface area contributed by atoms with Gasteiger partial charge in [-0.15, -0.1) is 11.3 Å². The lowest BCUT2D eigenvalue weighted by molar-refractivity contribution is -0.384. The quantitative estimate of drug-likeness (QED) is 0.380. The summed E-state index contributed by atoms with van der Waals surface area (Å²) in [5.41, 5.74) is 0.654. The first-order chi connectivity index (χ1) is 13.0. The molecular weight excluding hydrogens is 394 g/mol. The lowest BCUT2D eigenvalue weighted by Crippen LogP contribution is -2.21. The molecule has 0 unspecified atom stereocenters. The summed E-state index contributed by atoms with van der Waals surface area (Å²) in [6.45, 7) is -0.519. The number of halogens is 1. The molecular formula is C17H12ClN3O5S. The van der Waals surface area contributed by atoms with Crippen molar-refractivity contribution < 1.29 is 19.2 Å². The molecule has 0 saturated carbocycles. The van der Waals surface area contributed by atoms with Crippen LogP contribution in [0.2, 0.25) is 5.02 Å². The number of nitrogens with zero attached hydrogens (tertiary/aromatic N) is 2. The predicted molar refractivity (Wildman–Crippen MR) is 101 cm³/mol. The van der Waals surface area contributed by atoms with Gasteiger partial charge in [0, 0.05) is 24.5 Å². The fraction of sp³-hybridized carbons (Fsp3) is 0.0588. The SMILES string of the molecule is O=C(COC(=O)c1sccc1-n1cccc1)Nc1ccc([N+](=O)[O-])cc1Cl. The van der Waals surface area contributed by atoms with Crippen molar-refractivity contribution in [1.82, 2.24) is 4.57 Å². The first kappa shape index (κ1) is 18.6. The third-order valence-corrected chi connectivity index (χ3v) is 4.68. The molecule has 1 amide bonds. The Hall–Kier alpha value is -3.17. The number of nitro groups is 1. The molecule has 0 radical (unpaired) electrons. The summed E-state index contributed by atoms with van der Waals surface area (Å²) < 4.78 is 6.82. The molecule has 0 bridgehead atoms. The summed E-state index contributed by atoms with van der Waals surface area (Å²) in [6.07, 6.45) is 3.59. The normalized spacial score (nSPS) is 10.4. The van der Waals surface area contributed by atoms with Crippen LogP contribution in [-0.2, 0) is 9.53 Å². The second kappa shape index (κ2) is 8.02. The van der Waals surface area contributed by atoms with Crippen LogP contribution in [0.4, 0.5) is 11.4 Å². The van der Waals surface area contributed by atoms with E-state index in [4.69, 9.17) is 16.3 Å². The number of aromatic nitrogens is 1. The molecule has 0 aliphatic heterocycles. The van der Waals surface area contributed by atoms with E-state index >= 15 is 0 Å². The molecule has 0 aliphatic carbocycles. The van der Waals surface area contributed by atoms with Gasteiger partial charge in [0.25, 0.3) is 11.6 Å². The zero-order chi connectivity index (χ0) is 19.4. The summed E-state index contributed by atoms with van der Waals surface area (Å²) in [4.78, 5) is 34.7. The van der Waals surface area contributed by atoms with E-state index in [0.717, 1.165) is 6.07 Å². The van der Waals surface area contributed by atoms with Crippen molar-refractivity contribution in [3.63, 3.8) is 0 Å². The molecule has 0 aliphatic rings. The molecule has 10 heteroatoms. The maximum absolute atomic E-state index is 12.3. The van der Waals surface area contributed by atoms with Crippen molar-refractivity contribution in [2.45, 2.75) is 0 Å². The number of esters is 1. The number of rotatable bonds is 6. The minimum Gasteiger partial charge on any atom is -0.451 e. The van der Waals surface area contributed by atoms with Gasteiger partial charge in [-0.25, -0.2) is 4.79 Å². The Morgan fingerprint density at radius 3 is 2.67 bits per heavy atom. The van der Waals surface area contributed by atoms with Crippen LogP contribution in [-0.4, -0.2) is 28.0 Å². The zero-order valence-corrected chi connectivity index (χ0v) is 15.2. The van der Waals surface area contributed by atoms with Crippen molar-refractivity contribution >= 4 is 46.2 Å². The molecule has 3 aromatic rings. The van der Waals surface area contributed by atoms with E-state index < -0.39 is 23.4 Å². The van der Waals surface area contributed by atoms with Gasteiger partial charge < -0.3 is 14.6 Å². The van der Waals surface area contributed by atoms with E-state index in [1.807, 2.05) is 12.1 Å². The van der Waals surface area contributed by atoms with Crippen molar-refractivity contribution in [2.75, 3.05) is 11.9 Å². The van der Waals surface area contributed by atoms with Crippen molar-refractivity contribution in [1.29, 1.82) is 0 Å². The molecule has 2 heterocycles. The molecule has 0 saturated heterocycles. The molecule has 0 spiro atoms. The Labute approximate surface area is 162 Å². The summed E-state index contributed by atoms with van der Waals surface area (Å²) in [6, 6.07) is 9.07. The van der Waals surface area contributed by atoms with Crippen molar-refractivity contribution in [2.24, 2.45) is 0 Å². The number of carbonyl (C=O) groups is 2. The topological polar surface area (TPSA) is 103 Å². The van der Waals surface area contributed by atoms with E-state index in [0.29, 0.717) is 10.6 Å². The molecule has 1 N–H and O–H groups in total. The monoisotopic (exact) mass is 405 g/mol. The number of benzene rings is 1. The fourth-order valence-corrected chi connectivity index (χ4v) is 3.26. The van der Waals surface area contributed by atoms with Gasteiger partial charge in [-0.3, -0.25) is 14.9 Å². The number of amides is 1. The van der Waals surface area contributed by atoms with Crippen LogP contribution in [0.5, 0.6) is 0 Å². The maximum atomic E-state index is 12.3. The van der Waals surface area contributed by atoms with E-state index in [1.165, 1.54) is 23.5 Å². The number of ether oxygens (including phenoxy) is 1.